The van der Waals surface area contributed by atoms with Gasteiger partial charge in [-0.1, -0.05) is 36.4 Å². The first-order chi connectivity index (χ1) is 10.8. The SMILES string of the molecule is C=CCC1(NC(=O)OC(C)(C)C)CCN(Cc2ccccc2)C1. The van der Waals surface area contributed by atoms with Gasteiger partial charge in [-0.25, -0.2) is 4.79 Å². The van der Waals surface area contributed by atoms with Crippen molar-refractivity contribution in [3.63, 3.8) is 0 Å². The van der Waals surface area contributed by atoms with Crippen LogP contribution in [-0.4, -0.2) is 35.2 Å². The molecular weight excluding hydrogens is 288 g/mol. The standard InChI is InChI=1S/C19H28N2O2/c1-5-11-19(20-17(22)23-18(2,3)4)12-13-21(15-19)14-16-9-7-6-8-10-16/h5-10H,1,11-15H2,2-4H3,(H,20,22). The molecule has 1 N–H and O–H groups in total. The van der Waals surface area contributed by atoms with Gasteiger partial charge in [-0.15, -0.1) is 6.58 Å². The van der Waals surface area contributed by atoms with Crippen LogP contribution in [0, 0.1) is 0 Å². The van der Waals surface area contributed by atoms with Crippen LogP contribution < -0.4 is 5.32 Å². The minimum atomic E-state index is -0.484. The van der Waals surface area contributed by atoms with E-state index in [1.807, 2.05) is 32.9 Å². The first kappa shape index (κ1) is 17.5. The van der Waals surface area contributed by atoms with Crippen molar-refractivity contribution in [3.8, 4) is 0 Å². The lowest BCUT2D eigenvalue weighted by molar-refractivity contribution is 0.0458. The Morgan fingerprint density at radius 1 is 1.39 bits per heavy atom. The topological polar surface area (TPSA) is 41.6 Å². The minimum absolute atomic E-state index is 0.279. The summed E-state index contributed by atoms with van der Waals surface area (Å²) in [7, 11) is 0. The third-order valence-corrected chi connectivity index (χ3v) is 3.98. The van der Waals surface area contributed by atoms with E-state index in [1.165, 1.54) is 5.56 Å². The molecule has 4 nitrogen and oxygen atoms in total. The number of ether oxygens (including phenoxy) is 1. The molecule has 1 atom stereocenters. The molecule has 1 saturated heterocycles. The van der Waals surface area contributed by atoms with Crippen LogP contribution in [0.2, 0.25) is 0 Å². The third kappa shape index (κ3) is 5.39. The second-order valence-corrected chi connectivity index (χ2v) is 7.35. The van der Waals surface area contributed by atoms with Gasteiger partial charge in [0.25, 0.3) is 0 Å². The molecule has 1 heterocycles. The van der Waals surface area contributed by atoms with E-state index in [2.05, 4.69) is 41.1 Å². The molecule has 0 radical (unpaired) electrons. The lowest BCUT2D eigenvalue weighted by Crippen LogP contribution is -2.51. The van der Waals surface area contributed by atoms with E-state index in [1.54, 1.807) is 0 Å². The summed E-state index contributed by atoms with van der Waals surface area (Å²) in [6.45, 7) is 12.2. The summed E-state index contributed by atoms with van der Waals surface area (Å²) in [6, 6.07) is 10.4. The van der Waals surface area contributed by atoms with Gasteiger partial charge in [-0.2, -0.15) is 0 Å². The second kappa shape index (κ2) is 7.18. The number of carbonyl (C=O) groups excluding carboxylic acids is 1. The number of nitrogens with zero attached hydrogens (tertiary/aromatic N) is 1. The normalized spacial score (nSPS) is 21.9. The van der Waals surface area contributed by atoms with Crippen molar-refractivity contribution in [2.24, 2.45) is 0 Å². The van der Waals surface area contributed by atoms with Gasteiger partial charge in [0.1, 0.15) is 5.60 Å². The van der Waals surface area contributed by atoms with Crippen LogP contribution >= 0.6 is 0 Å². The summed E-state index contributed by atoms with van der Waals surface area (Å²) < 4.78 is 5.42. The highest BCUT2D eigenvalue weighted by Crippen LogP contribution is 2.27. The van der Waals surface area contributed by atoms with Crippen molar-refractivity contribution in [3.05, 3.63) is 48.6 Å². The fraction of sp³-hybridized carbons (Fsp3) is 0.526. The number of amides is 1. The van der Waals surface area contributed by atoms with Crippen LogP contribution in [0.5, 0.6) is 0 Å². The molecule has 2 rings (SSSR count). The Hall–Kier alpha value is -1.81. The zero-order chi connectivity index (χ0) is 16.9. The summed E-state index contributed by atoms with van der Waals surface area (Å²) in [4.78, 5) is 14.5. The molecule has 126 valence electrons. The van der Waals surface area contributed by atoms with Gasteiger partial charge in [0.15, 0.2) is 0 Å². The smallest absolute Gasteiger partial charge is 0.408 e. The van der Waals surface area contributed by atoms with Crippen molar-refractivity contribution in [1.82, 2.24) is 10.2 Å². The Bertz CT molecular complexity index is 536. The van der Waals surface area contributed by atoms with Gasteiger partial charge in [0, 0.05) is 19.6 Å². The summed E-state index contributed by atoms with van der Waals surface area (Å²) in [5, 5.41) is 3.09. The van der Waals surface area contributed by atoms with Gasteiger partial charge in [0.2, 0.25) is 0 Å². The maximum absolute atomic E-state index is 12.2. The maximum Gasteiger partial charge on any atom is 0.408 e. The fourth-order valence-electron chi connectivity index (χ4n) is 3.05. The fourth-order valence-corrected chi connectivity index (χ4v) is 3.05. The van der Waals surface area contributed by atoms with Crippen LogP contribution in [0.4, 0.5) is 4.79 Å². The van der Waals surface area contributed by atoms with Crippen molar-refractivity contribution >= 4 is 6.09 Å². The maximum atomic E-state index is 12.2. The Kier molecular flexibility index (Phi) is 5.47. The highest BCUT2D eigenvalue weighted by molar-refractivity contribution is 5.69. The molecule has 1 unspecified atom stereocenters. The predicted molar refractivity (Wildman–Crippen MR) is 93.3 cm³/mol. The minimum Gasteiger partial charge on any atom is -0.444 e. The van der Waals surface area contributed by atoms with Crippen molar-refractivity contribution < 1.29 is 9.53 Å². The molecule has 0 bridgehead atoms. The van der Waals surface area contributed by atoms with Crippen LogP contribution in [0.1, 0.15) is 39.2 Å². The Morgan fingerprint density at radius 2 is 2.09 bits per heavy atom. The van der Waals surface area contributed by atoms with E-state index >= 15 is 0 Å². The molecule has 0 spiro atoms. The first-order valence-corrected chi connectivity index (χ1v) is 8.20. The van der Waals surface area contributed by atoms with Gasteiger partial charge >= 0.3 is 6.09 Å². The summed E-state index contributed by atoms with van der Waals surface area (Å²) in [6.07, 6.45) is 3.19. The van der Waals surface area contributed by atoms with Gasteiger partial charge in [-0.05, 0) is 39.2 Å². The molecule has 1 aliphatic heterocycles. The van der Waals surface area contributed by atoms with E-state index in [0.29, 0.717) is 0 Å². The first-order valence-electron chi connectivity index (χ1n) is 8.20. The molecule has 1 aromatic rings. The van der Waals surface area contributed by atoms with Crippen molar-refractivity contribution in [1.29, 1.82) is 0 Å². The Balaban J connectivity index is 1.99. The number of carbonyl (C=O) groups is 1. The number of hydrogen-bond donors (Lipinski definition) is 1. The number of rotatable bonds is 5. The number of benzene rings is 1. The average Bonchev–Trinajstić information content (AvgIpc) is 2.80. The molecule has 23 heavy (non-hydrogen) atoms. The zero-order valence-electron chi connectivity index (χ0n) is 14.5. The van der Waals surface area contributed by atoms with Crippen LogP contribution in [0.3, 0.4) is 0 Å². The molecule has 4 heteroatoms. The largest absolute Gasteiger partial charge is 0.444 e. The number of alkyl carbamates (subject to hydrolysis) is 1. The zero-order valence-corrected chi connectivity index (χ0v) is 14.5. The summed E-state index contributed by atoms with van der Waals surface area (Å²) in [5.74, 6) is 0. The van der Waals surface area contributed by atoms with Gasteiger partial charge in [-0.3, -0.25) is 4.90 Å². The Morgan fingerprint density at radius 3 is 2.70 bits per heavy atom. The van der Waals surface area contributed by atoms with Gasteiger partial charge in [0.05, 0.1) is 5.54 Å². The highest BCUT2D eigenvalue weighted by atomic mass is 16.6. The summed E-state index contributed by atoms with van der Waals surface area (Å²) in [5.41, 5.74) is 0.528. The molecule has 1 aromatic carbocycles. The molecule has 1 amide bonds. The predicted octanol–water partition coefficient (Wildman–Crippen LogP) is 3.73. The van der Waals surface area contributed by atoms with E-state index in [9.17, 15) is 4.79 Å². The molecule has 1 fully saturated rings. The lowest BCUT2D eigenvalue weighted by atomic mass is 9.94. The monoisotopic (exact) mass is 316 g/mol. The van der Waals surface area contributed by atoms with Crippen LogP contribution in [-0.2, 0) is 11.3 Å². The third-order valence-electron chi connectivity index (χ3n) is 3.98. The number of likely N-dealkylation sites (tertiary alicyclic amines) is 1. The van der Waals surface area contributed by atoms with E-state index < -0.39 is 5.60 Å². The van der Waals surface area contributed by atoms with E-state index in [0.717, 1.165) is 32.5 Å². The molecular formula is C19H28N2O2. The van der Waals surface area contributed by atoms with Crippen LogP contribution in [0.15, 0.2) is 43.0 Å². The average molecular weight is 316 g/mol. The van der Waals surface area contributed by atoms with Crippen LogP contribution in [0.25, 0.3) is 0 Å². The molecule has 0 aromatic heterocycles. The quantitative estimate of drug-likeness (QED) is 0.842. The van der Waals surface area contributed by atoms with Crippen molar-refractivity contribution in [2.75, 3.05) is 13.1 Å². The highest BCUT2D eigenvalue weighted by Gasteiger charge is 2.39. The second-order valence-electron chi connectivity index (χ2n) is 7.35. The lowest BCUT2D eigenvalue weighted by Gasteiger charge is -2.31. The number of hydrogen-bond acceptors (Lipinski definition) is 3. The molecule has 1 aliphatic rings. The Labute approximate surface area is 139 Å². The van der Waals surface area contributed by atoms with Gasteiger partial charge < -0.3 is 10.1 Å². The number of nitrogens with one attached hydrogen (secondary N) is 1. The summed E-state index contributed by atoms with van der Waals surface area (Å²) >= 11 is 0. The van der Waals surface area contributed by atoms with E-state index in [4.69, 9.17) is 4.74 Å². The van der Waals surface area contributed by atoms with Crippen molar-refractivity contribution in [2.45, 2.75) is 51.3 Å². The van der Waals surface area contributed by atoms with E-state index in [-0.39, 0.29) is 11.6 Å². The molecule has 0 saturated carbocycles. The molecule has 0 aliphatic carbocycles.